The maximum atomic E-state index is 2.49. The van der Waals surface area contributed by atoms with E-state index in [4.69, 9.17) is 0 Å². The van der Waals surface area contributed by atoms with Crippen LogP contribution in [0.15, 0.2) is 66.7 Å². The highest BCUT2D eigenvalue weighted by Gasteiger charge is 2.44. The van der Waals surface area contributed by atoms with E-state index >= 15 is 0 Å². The molecule has 2 aliphatic heterocycles. The molecule has 0 spiro atoms. The maximum Gasteiger partial charge on any atom is 0.0543 e. The molecule has 1 nitrogen and oxygen atoms in total. The minimum absolute atomic E-state index is 0.000794. The maximum absolute atomic E-state index is 2.49. The van der Waals surface area contributed by atoms with Crippen molar-refractivity contribution in [2.75, 3.05) is 4.90 Å². The Bertz CT molecular complexity index is 932. The topological polar surface area (TPSA) is 3.24 Å². The Labute approximate surface area is 163 Å². The van der Waals surface area contributed by atoms with Gasteiger partial charge in [0.2, 0.25) is 0 Å². The number of fused-ring (bicyclic) bond motifs is 4. The summed E-state index contributed by atoms with van der Waals surface area (Å²) < 4.78 is 0. The van der Waals surface area contributed by atoms with Crippen LogP contribution in [0.25, 0.3) is 0 Å². The van der Waals surface area contributed by atoms with Crippen molar-refractivity contribution in [3.05, 3.63) is 89.0 Å². The Morgan fingerprint density at radius 1 is 0.519 bits per heavy atom. The number of anilines is 3. The zero-order valence-electron chi connectivity index (χ0n) is 17.3. The summed E-state index contributed by atoms with van der Waals surface area (Å²) in [6.07, 6.45) is 0. The van der Waals surface area contributed by atoms with E-state index in [1.165, 1.54) is 39.3 Å². The monoisotopic (exact) mass is 355 g/mol. The Morgan fingerprint density at radius 2 is 0.889 bits per heavy atom. The van der Waals surface area contributed by atoms with Crippen LogP contribution in [0.4, 0.5) is 17.1 Å². The average molecular weight is 356 g/mol. The molecule has 1 heteroatoms. The van der Waals surface area contributed by atoms with Gasteiger partial charge in [-0.05, 0) is 34.4 Å². The van der Waals surface area contributed by atoms with E-state index < -0.39 is 0 Å². The van der Waals surface area contributed by atoms with Crippen LogP contribution in [-0.2, 0) is 10.8 Å². The van der Waals surface area contributed by atoms with Crippen LogP contribution in [0.2, 0.25) is 0 Å². The molecular formula is C26H29N. The van der Waals surface area contributed by atoms with Gasteiger partial charge in [0.1, 0.15) is 0 Å². The molecule has 0 bridgehead atoms. The number of para-hydroxylation sites is 3. The molecular weight excluding hydrogens is 326 g/mol. The van der Waals surface area contributed by atoms with Crippen molar-refractivity contribution >= 4 is 17.1 Å². The van der Waals surface area contributed by atoms with E-state index in [-0.39, 0.29) is 10.8 Å². The first-order chi connectivity index (χ1) is 12.9. The second kappa shape index (κ2) is 5.99. The van der Waals surface area contributed by atoms with Crippen molar-refractivity contribution in [1.29, 1.82) is 0 Å². The molecule has 2 aliphatic rings. The number of hydrogen-bond donors (Lipinski definition) is 0. The SMILES string of the molecule is CC.CC1(C)c2ccccc2N2c3ccccc3C(C)(C)c3cccc1c32. The predicted octanol–water partition coefficient (Wildman–Crippen LogP) is 7.46. The fraction of sp³-hybridized carbons (Fsp3) is 0.308. The molecule has 0 atom stereocenters. The van der Waals surface area contributed by atoms with Gasteiger partial charge in [0.05, 0.1) is 17.1 Å². The summed E-state index contributed by atoms with van der Waals surface area (Å²) >= 11 is 0. The van der Waals surface area contributed by atoms with E-state index in [0.717, 1.165) is 0 Å². The van der Waals surface area contributed by atoms with Crippen LogP contribution in [-0.4, -0.2) is 0 Å². The molecule has 0 aliphatic carbocycles. The molecule has 138 valence electrons. The van der Waals surface area contributed by atoms with Gasteiger partial charge in [0, 0.05) is 10.8 Å². The smallest absolute Gasteiger partial charge is 0.0543 e. The largest absolute Gasteiger partial charge is 0.309 e. The van der Waals surface area contributed by atoms with Gasteiger partial charge in [0.15, 0.2) is 0 Å². The molecule has 0 aromatic heterocycles. The molecule has 5 rings (SSSR count). The molecule has 3 aromatic carbocycles. The Morgan fingerprint density at radius 3 is 1.33 bits per heavy atom. The van der Waals surface area contributed by atoms with E-state index in [1.807, 2.05) is 13.8 Å². The normalized spacial score (nSPS) is 17.0. The Balaban J connectivity index is 0.000000872. The lowest BCUT2D eigenvalue weighted by atomic mass is 9.66. The molecule has 0 saturated carbocycles. The molecule has 27 heavy (non-hydrogen) atoms. The summed E-state index contributed by atoms with van der Waals surface area (Å²) in [5.41, 5.74) is 9.66. The summed E-state index contributed by atoms with van der Waals surface area (Å²) in [6, 6.07) is 24.6. The summed E-state index contributed by atoms with van der Waals surface area (Å²) in [6.45, 7) is 13.4. The minimum atomic E-state index is 0.000794. The van der Waals surface area contributed by atoms with Gasteiger partial charge < -0.3 is 4.90 Å². The van der Waals surface area contributed by atoms with Crippen LogP contribution >= 0.6 is 0 Å². The number of hydrogen-bond acceptors (Lipinski definition) is 1. The minimum Gasteiger partial charge on any atom is -0.309 e. The van der Waals surface area contributed by atoms with Crippen LogP contribution < -0.4 is 4.90 Å². The second-order valence-electron chi connectivity index (χ2n) is 8.32. The number of nitrogens with zero attached hydrogens (tertiary/aromatic N) is 1. The van der Waals surface area contributed by atoms with Gasteiger partial charge in [0.25, 0.3) is 0 Å². The fourth-order valence-corrected chi connectivity index (χ4v) is 4.85. The third-order valence-electron chi connectivity index (χ3n) is 6.24. The van der Waals surface area contributed by atoms with Gasteiger partial charge in [-0.15, -0.1) is 0 Å². The lowest BCUT2D eigenvalue weighted by molar-refractivity contribution is 0.597. The first-order valence-corrected chi connectivity index (χ1v) is 10.1. The average Bonchev–Trinajstić information content (AvgIpc) is 2.69. The zero-order valence-corrected chi connectivity index (χ0v) is 17.3. The Kier molecular flexibility index (Phi) is 3.96. The predicted molar refractivity (Wildman–Crippen MR) is 117 cm³/mol. The van der Waals surface area contributed by atoms with E-state index in [0.29, 0.717) is 0 Å². The van der Waals surface area contributed by atoms with Crippen LogP contribution in [0, 0.1) is 0 Å². The molecule has 3 aromatic rings. The molecule has 0 saturated heterocycles. The van der Waals surface area contributed by atoms with Crippen molar-refractivity contribution < 1.29 is 0 Å². The highest BCUT2D eigenvalue weighted by molar-refractivity contribution is 5.92. The van der Waals surface area contributed by atoms with Crippen molar-refractivity contribution in [3.8, 4) is 0 Å². The first-order valence-electron chi connectivity index (χ1n) is 10.1. The van der Waals surface area contributed by atoms with Crippen molar-refractivity contribution in [1.82, 2.24) is 0 Å². The molecule has 0 amide bonds. The summed E-state index contributed by atoms with van der Waals surface area (Å²) in [5.74, 6) is 0. The van der Waals surface area contributed by atoms with Crippen LogP contribution in [0.3, 0.4) is 0 Å². The zero-order chi connectivity index (χ0) is 19.4. The highest BCUT2D eigenvalue weighted by Crippen LogP contribution is 2.59. The summed E-state index contributed by atoms with van der Waals surface area (Å²) in [4.78, 5) is 2.49. The molecule has 0 unspecified atom stereocenters. The highest BCUT2D eigenvalue weighted by atomic mass is 15.2. The second-order valence-corrected chi connectivity index (χ2v) is 8.32. The van der Waals surface area contributed by atoms with Crippen molar-refractivity contribution in [2.45, 2.75) is 52.4 Å². The summed E-state index contributed by atoms with van der Waals surface area (Å²) in [5, 5.41) is 0. The lowest BCUT2D eigenvalue weighted by Crippen LogP contribution is -2.37. The van der Waals surface area contributed by atoms with E-state index in [2.05, 4.69) is 99.3 Å². The Hall–Kier alpha value is -2.54. The third-order valence-corrected chi connectivity index (χ3v) is 6.24. The van der Waals surface area contributed by atoms with Crippen molar-refractivity contribution in [3.63, 3.8) is 0 Å². The molecule has 0 radical (unpaired) electrons. The number of benzene rings is 3. The first kappa shape index (κ1) is 17.9. The molecule has 2 heterocycles. The van der Waals surface area contributed by atoms with E-state index in [9.17, 15) is 0 Å². The van der Waals surface area contributed by atoms with Gasteiger partial charge in [-0.1, -0.05) is 96.1 Å². The quantitative estimate of drug-likeness (QED) is 0.404. The van der Waals surface area contributed by atoms with Gasteiger partial charge in [-0.3, -0.25) is 0 Å². The van der Waals surface area contributed by atoms with Gasteiger partial charge in [-0.2, -0.15) is 0 Å². The standard InChI is InChI=1S/C24H23N.C2H6/c1-23(2)16-10-5-7-14-20(16)25-21-15-8-6-11-17(21)24(3,4)19-13-9-12-18(23)22(19)25;1-2/h5-15H,1-4H3;1-2H3. The van der Waals surface area contributed by atoms with Gasteiger partial charge >= 0.3 is 0 Å². The fourth-order valence-electron chi connectivity index (χ4n) is 4.85. The van der Waals surface area contributed by atoms with Crippen LogP contribution in [0.5, 0.6) is 0 Å². The molecule has 0 fully saturated rings. The number of rotatable bonds is 0. The lowest BCUT2D eigenvalue weighted by Gasteiger charge is -2.49. The van der Waals surface area contributed by atoms with E-state index in [1.54, 1.807) is 0 Å². The van der Waals surface area contributed by atoms with Crippen LogP contribution in [0.1, 0.15) is 63.8 Å². The van der Waals surface area contributed by atoms with Gasteiger partial charge in [-0.25, -0.2) is 0 Å². The third kappa shape index (κ3) is 2.24. The van der Waals surface area contributed by atoms with Crippen molar-refractivity contribution in [2.24, 2.45) is 0 Å². The molecule has 0 N–H and O–H groups in total. The summed E-state index contributed by atoms with van der Waals surface area (Å²) in [7, 11) is 0.